The summed E-state index contributed by atoms with van der Waals surface area (Å²) < 4.78 is 5.06. The smallest absolute Gasteiger partial charge is 0.322 e. The Morgan fingerprint density at radius 2 is 1.75 bits per heavy atom. The van der Waals surface area contributed by atoms with Gasteiger partial charge in [0, 0.05) is 31.5 Å². The predicted molar refractivity (Wildman–Crippen MR) is 109 cm³/mol. The Morgan fingerprint density at radius 1 is 1.00 bits per heavy atom. The molecule has 2 amide bonds. The van der Waals surface area contributed by atoms with Gasteiger partial charge in [0.15, 0.2) is 0 Å². The highest BCUT2D eigenvalue weighted by Gasteiger charge is 2.15. The molecule has 0 spiro atoms. The van der Waals surface area contributed by atoms with Crippen LogP contribution < -0.4 is 10.1 Å². The fourth-order valence-electron chi connectivity index (χ4n) is 2.79. The Labute approximate surface area is 165 Å². The molecule has 2 aromatic heterocycles. The van der Waals surface area contributed by atoms with Gasteiger partial charge in [-0.05, 0) is 35.2 Å². The van der Waals surface area contributed by atoms with Crippen LogP contribution in [0.15, 0.2) is 67.1 Å². The lowest BCUT2D eigenvalue weighted by Gasteiger charge is -2.23. The maximum Gasteiger partial charge on any atom is 0.322 e. The van der Waals surface area contributed by atoms with Crippen LogP contribution >= 0.6 is 0 Å². The number of anilines is 1. The number of benzene rings is 1. The van der Waals surface area contributed by atoms with Gasteiger partial charge in [-0.25, -0.2) is 9.78 Å². The van der Waals surface area contributed by atoms with Gasteiger partial charge in [-0.1, -0.05) is 37.3 Å². The molecule has 6 heteroatoms. The minimum atomic E-state index is -0.199. The third kappa shape index (κ3) is 5.30. The Kier molecular flexibility index (Phi) is 6.57. The van der Waals surface area contributed by atoms with E-state index >= 15 is 0 Å². The van der Waals surface area contributed by atoms with Crippen molar-refractivity contribution in [3.05, 3.63) is 83.8 Å². The van der Waals surface area contributed by atoms with E-state index in [2.05, 4.69) is 46.5 Å². The van der Waals surface area contributed by atoms with E-state index in [4.69, 9.17) is 4.74 Å². The van der Waals surface area contributed by atoms with Crippen LogP contribution in [0, 0.1) is 0 Å². The van der Waals surface area contributed by atoms with Gasteiger partial charge in [0.1, 0.15) is 0 Å². The molecule has 0 aliphatic carbocycles. The second kappa shape index (κ2) is 9.50. The standard InChI is InChI=1S/C22H24N4O2/c1-3-17-6-8-18(9-7-17)15-26(16-19-5-4-12-23-13-19)22(27)25-20-10-11-21(28-2)24-14-20/h4-14H,3,15-16H2,1-2H3,(H,25,27). The van der Waals surface area contributed by atoms with E-state index in [1.807, 2.05) is 12.1 Å². The summed E-state index contributed by atoms with van der Waals surface area (Å²) >= 11 is 0. The monoisotopic (exact) mass is 376 g/mol. The Balaban J connectivity index is 1.76. The number of urea groups is 1. The number of amides is 2. The van der Waals surface area contributed by atoms with Crippen molar-refractivity contribution in [2.75, 3.05) is 12.4 Å². The maximum absolute atomic E-state index is 12.9. The van der Waals surface area contributed by atoms with Crippen LogP contribution in [0.4, 0.5) is 10.5 Å². The third-order valence-corrected chi connectivity index (χ3v) is 4.38. The first-order valence-corrected chi connectivity index (χ1v) is 9.20. The third-order valence-electron chi connectivity index (χ3n) is 4.38. The molecule has 1 aromatic carbocycles. The fourth-order valence-corrected chi connectivity index (χ4v) is 2.79. The lowest BCUT2D eigenvalue weighted by atomic mass is 10.1. The number of pyridine rings is 2. The molecule has 3 rings (SSSR count). The van der Waals surface area contributed by atoms with Gasteiger partial charge in [0.2, 0.25) is 5.88 Å². The molecule has 1 N–H and O–H groups in total. The van der Waals surface area contributed by atoms with Gasteiger partial charge in [0.05, 0.1) is 19.0 Å². The Bertz CT molecular complexity index is 881. The predicted octanol–water partition coefficient (Wildman–Crippen LogP) is 4.28. The number of hydrogen-bond acceptors (Lipinski definition) is 4. The van der Waals surface area contributed by atoms with Crippen LogP contribution in [0.2, 0.25) is 0 Å². The summed E-state index contributed by atoms with van der Waals surface area (Å²) in [4.78, 5) is 23.0. The molecule has 0 saturated heterocycles. The van der Waals surface area contributed by atoms with Crippen molar-refractivity contribution in [3.63, 3.8) is 0 Å². The number of carbonyl (C=O) groups excluding carboxylic acids is 1. The van der Waals surface area contributed by atoms with Crippen LogP contribution in [0.3, 0.4) is 0 Å². The van der Waals surface area contributed by atoms with E-state index in [0.717, 1.165) is 17.5 Å². The lowest BCUT2D eigenvalue weighted by Crippen LogP contribution is -2.34. The van der Waals surface area contributed by atoms with E-state index < -0.39 is 0 Å². The first-order valence-electron chi connectivity index (χ1n) is 9.20. The molecule has 0 aliphatic rings. The zero-order valence-electron chi connectivity index (χ0n) is 16.1. The van der Waals surface area contributed by atoms with Crippen LogP contribution in [-0.2, 0) is 19.5 Å². The second-order valence-electron chi connectivity index (χ2n) is 6.41. The number of hydrogen-bond donors (Lipinski definition) is 1. The first kappa shape index (κ1) is 19.4. The quantitative estimate of drug-likeness (QED) is 0.668. The number of rotatable bonds is 7. The van der Waals surface area contributed by atoms with Gasteiger partial charge < -0.3 is 15.0 Å². The van der Waals surface area contributed by atoms with E-state index in [0.29, 0.717) is 24.7 Å². The highest BCUT2D eigenvalue weighted by molar-refractivity contribution is 5.89. The molecule has 0 fully saturated rings. The molecule has 2 heterocycles. The summed E-state index contributed by atoms with van der Waals surface area (Å²) in [5, 5.41) is 2.90. The number of nitrogens with one attached hydrogen (secondary N) is 1. The van der Waals surface area contributed by atoms with E-state index in [-0.39, 0.29) is 6.03 Å². The molecule has 0 aliphatic heterocycles. The molecule has 0 bridgehead atoms. The molecule has 0 saturated carbocycles. The zero-order chi connectivity index (χ0) is 19.8. The molecule has 6 nitrogen and oxygen atoms in total. The number of nitrogens with zero attached hydrogens (tertiary/aromatic N) is 3. The van der Waals surface area contributed by atoms with Crippen LogP contribution in [-0.4, -0.2) is 28.0 Å². The molecular weight excluding hydrogens is 352 g/mol. The highest BCUT2D eigenvalue weighted by Crippen LogP contribution is 2.15. The lowest BCUT2D eigenvalue weighted by molar-refractivity contribution is 0.206. The topological polar surface area (TPSA) is 67.4 Å². The molecule has 0 radical (unpaired) electrons. The van der Waals surface area contributed by atoms with Crippen molar-refractivity contribution in [1.82, 2.24) is 14.9 Å². The number of aryl methyl sites for hydroxylation is 1. The van der Waals surface area contributed by atoms with E-state index in [9.17, 15) is 4.79 Å². The molecule has 144 valence electrons. The number of ether oxygens (including phenoxy) is 1. The van der Waals surface area contributed by atoms with Crippen molar-refractivity contribution in [2.24, 2.45) is 0 Å². The zero-order valence-corrected chi connectivity index (χ0v) is 16.1. The molecule has 28 heavy (non-hydrogen) atoms. The van der Waals surface area contributed by atoms with Crippen molar-refractivity contribution in [2.45, 2.75) is 26.4 Å². The highest BCUT2D eigenvalue weighted by atomic mass is 16.5. The van der Waals surface area contributed by atoms with Crippen molar-refractivity contribution < 1.29 is 9.53 Å². The van der Waals surface area contributed by atoms with E-state index in [1.54, 1.807) is 42.7 Å². The average Bonchev–Trinajstić information content (AvgIpc) is 2.75. The maximum atomic E-state index is 12.9. The van der Waals surface area contributed by atoms with Gasteiger partial charge in [-0.15, -0.1) is 0 Å². The first-order chi connectivity index (χ1) is 13.7. The average molecular weight is 376 g/mol. The minimum absolute atomic E-state index is 0.199. The minimum Gasteiger partial charge on any atom is -0.481 e. The normalized spacial score (nSPS) is 10.4. The van der Waals surface area contributed by atoms with Crippen LogP contribution in [0.5, 0.6) is 5.88 Å². The van der Waals surface area contributed by atoms with Crippen LogP contribution in [0.1, 0.15) is 23.6 Å². The summed E-state index contributed by atoms with van der Waals surface area (Å²) in [5.41, 5.74) is 3.93. The Hall–Kier alpha value is -3.41. The molecule has 0 unspecified atom stereocenters. The summed E-state index contributed by atoms with van der Waals surface area (Å²) in [7, 11) is 1.56. The van der Waals surface area contributed by atoms with Gasteiger partial charge in [0.25, 0.3) is 0 Å². The van der Waals surface area contributed by atoms with Crippen molar-refractivity contribution >= 4 is 11.7 Å². The SMILES string of the molecule is CCc1ccc(CN(Cc2cccnc2)C(=O)Nc2ccc(OC)nc2)cc1. The van der Waals surface area contributed by atoms with Gasteiger partial charge in [-0.2, -0.15) is 0 Å². The van der Waals surface area contributed by atoms with Gasteiger partial charge >= 0.3 is 6.03 Å². The van der Waals surface area contributed by atoms with Gasteiger partial charge in [-0.3, -0.25) is 4.98 Å². The summed E-state index contributed by atoms with van der Waals surface area (Å²) in [6, 6.07) is 15.4. The number of methoxy groups -OCH3 is 1. The second-order valence-corrected chi connectivity index (χ2v) is 6.41. The van der Waals surface area contributed by atoms with E-state index in [1.165, 1.54) is 5.56 Å². The summed E-state index contributed by atoms with van der Waals surface area (Å²) in [6.07, 6.45) is 6.06. The van der Waals surface area contributed by atoms with Crippen LogP contribution in [0.25, 0.3) is 0 Å². The Morgan fingerprint density at radius 3 is 2.36 bits per heavy atom. The largest absolute Gasteiger partial charge is 0.481 e. The summed E-state index contributed by atoms with van der Waals surface area (Å²) in [6.45, 7) is 3.08. The van der Waals surface area contributed by atoms with Crippen molar-refractivity contribution in [3.8, 4) is 5.88 Å². The molecular formula is C22H24N4O2. The molecule has 0 atom stereocenters. The number of aromatic nitrogens is 2. The number of carbonyl (C=O) groups is 1. The fraction of sp³-hybridized carbons (Fsp3) is 0.227. The molecule has 3 aromatic rings. The van der Waals surface area contributed by atoms with Crippen molar-refractivity contribution in [1.29, 1.82) is 0 Å². The summed E-state index contributed by atoms with van der Waals surface area (Å²) in [5.74, 6) is 0.501.